The number of hydrogen-bond acceptors (Lipinski definition) is 1. The molecule has 1 rings (SSSR count). The number of unbranched alkanes of at least 4 members (excludes halogenated alkanes) is 5. The zero-order valence-electron chi connectivity index (χ0n) is 13.7. The highest BCUT2D eigenvalue weighted by Gasteiger charge is 2.28. The van der Waals surface area contributed by atoms with Crippen LogP contribution in [0.3, 0.4) is 0 Å². The molecule has 0 aliphatic rings. The number of nitrogens with zero attached hydrogens (tertiary/aromatic N) is 2. The summed E-state index contributed by atoms with van der Waals surface area (Å²) >= 11 is 2.45. The van der Waals surface area contributed by atoms with Crippen LogP contribution in [0.5, 0.6) is 0 Å². The summed E-state index contributed by atoms with van der Waals surface area (Å²) in [5.74, 6) is 0. The molecule has 2 nitrogen and oxygen atoms in total. The first-order valence-corrected chi connectivity index (χ1v) is 9.33. The molecule has 0 aromatic carbocycles. The van der Waals surface area contributed by atoms with Crippen LogP contribution in [0.1, 0.15) is 84.1 Å². The van der Waals surface area contributed by atoms with Gasteiger partial charge in [0, 0.05) is 5.56 Å². The van der Waals surface area contributed by atoms with E-state index in [0.29, 0.717) is 0 Å². The molecule has 20 heavy (non-hydrogen) atoms. The first kappa shape index (κ1) is 18.0. The Morgan fingerprint density at radius 1 is 1.05 bits per heavy atom. The summed E-state index contributed by atoms with van der Waals surface area (Å²) in [7, 11) is 0. The molecule has 0 amide bonds. The molecule has 116 valence electrons. The second-order valence-electron chi connectivity index (χ2n) is 6.29. The van der Waals surface area contributed by atoms with Crippen LogP contribution in [0.2, 0.25) is 0 Å². The summed E-state index contributed by atoms with van der Waals surface area (Å²) in [6.45, 7) is 9.12. The maximum Gasteiger partial charge on any atom is 0.102 e. The summed E-state index contributed by atoms with van der Waals surface area (Å²) < 4.78 is 3.60. The number of halogens is 1. The molecule has 0 saturated carbocycles. The Kier molecular flexibility index (Phi) is 8.15. The Hall–Kier alpha value is -0.0600. The largest absolute Gasteiger partial charge is 0.253 e. The molecule has 0 fully saturated rings. The molecule has 0 bridgehead atoms. The zero-order chi connectivity index (χ0) is 15.0. The third-order valence-electron chi connectivity index (χ3n) is 4.28. The minimum absolute atomic E-state index is 0.201. The summed E-state index contributed by atoms with van der Waals surface area (Å²) in [5.41, 5.74) is 1.51. The summed E-state index contributed by atoms with van der Waals surface area (Å²) in [4.78, 5) is 0. The average Bonchev–Trinajstić information content (AvgIpc) is 2.77. The summed E-state index contributed by atoms with van der Waals surface area (Å²) in [6, 6.07) is 0. The Labute approximate surface area is 138 Å². The highest BCUT2D eigenvalue weighted by Crippen LogP contribution is 2.32. The van der Waals surface area contributed by atoms with Gasteiger partial charge in [0.25, 0.3) is 0 Å². The number of aromatic nitrogens is 2. The smallest absolute Gasteiger partial charge is 0.102 e. The molecule has 0 aliphatic carbocycles. The van der Waals surface area contributed by atoms with E-state index in [2.05, 4.69) is 60.1 Å². The molecular formula is C17H31IN2. The molecule has 1 aromatic rings. The first-order valence-electron chi connectivity index (χ1n) is 8.25. The summed E-state index contributed by atoms with van der Waals surface area (Å²) in [5, 5.41) is 4.66. The van der Waals surface area contributed by atoms with Gasteiger partial charge in [-0.1, -0.05) is 58.8 Å². The van der Waals surface area contributed by atoms with Crippen molar-refractivity contribution in [3.8, 4) is 0 Å². The van der Waals surface area contributed by atoms with Gasteiger partial charge >= 0.3 is 0 Å². The van der Waals surface area contributed by atoms with Gasteiger partial charge in [0.2, 0.25) is 0 Å². The minimum atomic E-state index is 0.201. The standard InChI is InChI=1S/C17H31IN2/c1-5-7-9-10-11-13-17(4,12-8-6-2)20-16(18)15(3)14-19-20/h14H,5-13H2,1-4H3. The second kappa shape index (κ2) is 9.06. The predicted octanol–water partition coefficient (Wildman–Crippen LogP) is 6.06. The van der Waals surface area contributed by atoms with E-state index < -0.39 is 0 Å². The second-order valence-corrected chi connectivity index (χ2v) is 7.32. The van der Waals surface area contributed by atoms with Gasteiger partial charge in [-0.05, 0) is 49.3 Å². The van der Waals surface area contributed by atoms with Gasteiger partial charge < -0.3 is 0 Å². The van der Waals surface area contributed by atoms with Crippen molar-refractivity contribution in [3.63, 3.8) is 0 Å². The van der Waals surface area contributed by atoms with Crippen molar-refractivity contribution in [3.05, 3.63) is 15.5 Å². The van der Waals surface area contributed by atoms with Gasteiger partial charge in [0.05, 0.1) is 11.7 Å². The van der Waals surface area contributed by atoms with E-state index in [1.54, 1.807) is 0 Å². The molecule has 1 unspecified atom stereocenters. The lowest BCUT2D eigenvalue weighted by molar-refractivity contribution is 0.224. The van der Waals surface area contributed by atoms with Crippen LogP contribution in [-0.2, 0) is 5.54 Å². The van der Waals surface area contributed by atoms with Crippen LogP contribution in [0.4, 0.5) is 0 Å². The van der Waals surface area contributed by atoms with Gasteiger partial charge in [-0.3, -0.25) is 4.68 Å². The molecule has 0 N–H and O–H groups in total. The highest BCUT2D eigenvalue weighted by atomic mass is 127. The quantitative estimate of drug-likeness (QED) is 0.351. The molecule has 3 heteroatoms. The third kappa shape index (κ3) is 5.05. The lowest BCUT2D eigenvalue weighted by Gasteiger charge is -2.31. The van der Waals surface area contributed by atoms with Gasteiger partial charge in [-0.2, -0.15) is 5.10 Å². The topological polar surface area (TPSA) is 17.8 Å². The average molecular weight is 390 g/mol. The van der Waals surface area contributed by atoms with Crippen molar-refractivity contribution < 1.29 is 0 Å². The van der Waals surface area contributed by atoms with Crippen LogP contribution in [0, 0.1) is 10.6 Å². The van der Waals surface area contributed by atoms with Crippen LogP contribution < -0.4 is 0 Å². The SMILES string of the molecule is CCCCCCCC(C)(CCCC)n1ncc(C)c1I. The maximum atomic E-state index is 4.66. The van der Waals surface area contributed by atoms with Crippen molar-refractivity contribution in [2.45, 2.75) is 91.0 Å². The Bertz CT molecular complexity index is 386. The normalized spacial score (nSPS) is 14.4. The van der Waals surface area contributed by atoms with E-state index in [1.165, 1.54) is 67.1 Å². The van der Waals surface area contributed by atoms with E-state index in [-0.39, 0.29) is 5.54 Å². The van der Waals surface area contributed by atoms with Gasteiger partial charge in [0.1, 0.15) is 3.70 Å². The van der Waals surface area contributed by atoms with Crippen molar-refractivity contribution in [1.82, 2.24) is 9.78 Å². The van der Waals surface area contributed by atoms with E-state index in [4.69, 9.17) is 0 Å². The molecular weight excluding hydrogens is 359 g/mol. The molecule has 0 spiro atoms. The maximum absolute atomic E-state index is 4.66. The first-order chi connectivity index (χ1) is 9.55. The number of aryl methyl sites for hydroxylation is 1. The molecule has 1 heterocycles. The van der Waals surface area contributed by atoms with E-state index >= 15 is 0 Å². The van der Waals surface area contributed by atoms with Gasteiger partial charge in [-0.25, -0.2) is 0 Å². The van der Waals surface area contributed by atoms with Crippen molar-refractivity contribution in [1.29, 1.82) is 0 Å². The van der Waals surface area contributed by atoms with Crippen molar-refractivity contribution in [2.75, 3.05) is 0 Å². The van der Waals surface area contributed by atoms with Crippen LogP contribution in [-0.4, -0.2) is 9.78 Å². The van der Waals surface area contributed by atoms with Gasteiger partial charge in [0.15, 0.2) is 0 Å². The molecule has 0 saturated heterocycles. The molecule has 1 aromatic heterocycles. The highest BCUT2D eigenvalue weighted by molar-refractivity contribution is 14.1. The third-order valence-corrected chi connectivity index (χ3v) is 5.59. The van der Waals surface area contributed by atoms with E-state index in [0.717, 1.165) is 0 Å². The molecule has 0 aliphatic heterocycles. The molecule has 0 radical (unpaired) electrons. The van der Waals surface area contributed by atoms with E-state index in [9.17, 15) is 0 Å². The number of rotatable bonds is 10. The zero-order valence-corrected chi connectivity index (χ0v) is 15.9. The van der Waals surface area contributed by atoms with E-state index in [1.807, 2.05) is 6.20 Å². The van der Waals surface area contributed by atoms with Crippen LogP contribution >= 0.6 is 22.6 Å². The minimum Gasteiger partial charge on any atom is -0.253 e. The van der Waals surface area contributed by atoms with Crippen molar-refractivity contribution in [2.24, 2.45) is 0 Å². The summed E-state index contributed by atoms with van der Waals surface area (Å²) in [6.07, 6.45) is 13.9. The lowest BCUT2D eigenvalue weighted by atomic mass is 9.88. The Balaban J connectivity index is 2.68. The monoisotopic (exact) mass is 390 g/mol. The fourth-order valence-electron chi connectivity index (χ4n) is 2.80. The van der Waals surface area contributed by atoms with Crippen LogP contribution in [0.15, 0.2) is 6.20 Å². The Morgan fingerprint density at radius 3 is 2.20 bits per heavy atom. The number of hydrogen-bond donors (Lipinski definition) is 0. The van der Waals surface area contributed by atoms with Gasteiger partial charge in [-0.15, -0.1) is 0 Å². The Morgan fingerprint density at radius 2 is 1.65 bits per heavy atom. The van der Waals surface area contributed by atoms with Crippen LogP contribution in [0.25, 0.3) is 0 Å². The fraction of sp³-hybridized carbons (Fsp3) is 0.824. The van der Waals surface area contributed by atoms with Crippen molar-refractivity contribution >= 4 is 22.6 Å². The molecule has 1 atom stereocenters. The fourth-order valence-corrected chi connectivity index (χ4v) is 3.64. The lowest BCUT2D eigenvalue weighted by Crippen LogP contribution is -2.32. The predicted molar refractivity (Wildman–Crippen MR) is 96.2 cm³/mol.